The number of anilines is 1. The Morgan fingerprint density at radius 1 is 1.11 bits per heavy atom. The van der Waals surface area contributed by atoms with E-state index < -0.39 is 23.7 Å². The first-order valence-electron chi connectivity index (χ1n) is 16.5. The van der Waals surface area contributed by atoms with E-state index in [0.717, 1.165) is 73.3 Å². The lowest BCUT2D eigenvalue weighted by Crippen LogP contribution is -2.57. The summed E-state index contributed by atoms with van der Waals surface area (Å²) in [6.07, 6.45) is 4.20. The van der Waals surface area contributed by atoms with Gasteiger partial charge in [0.25, 0.3) is 5.91 Å². The number of fused-ring (bicyclic) bond motifs is 2. The highest BCUT2D eigenvalue weighted by molar-refractivity contribution is 6.36. The molecule has 0 radical (unpaired) electrons. The molecule has 4 heterocycles. The first-order valence-corrected chi connectivity index (χ1v) is 16.8. The van der Waals surface area contributed by atoms with E-state index >= 15 is 0 Å². The van der Waals surface area contributed by atoms with Gasteiger partial charge >= 0.3 is 0 Å². The van der Waals surface area contributed by atoms with Crippen molar-refractivity contribution in [2.45, 2.75) is 57.3 Å². The third kappa shape index (κ3) is 5.76. The second-order valence-electron chi connectivity index (χ2n) is 13.9. The number of hydrogen-bond acceptors (Lipinski definition) is 6. The van der Waals surface area contributed by atoms with Gasteiger partial charge in [0.05, 0.1) is 11.1 Å². The van der Waals surface area contributed by atoms with Gasteiger partial charge in [0, 0.05) is 82.9 Å². The number of amides is 1. The standard InChI is InChI=1S/C35H42ClF3N6O/c1-22-17-44(34(46)23(2)37)15-16-45(22)33-26-10-14-43(28-6-4-5-24-7-8-27(39)32(36)31(24)28)20-29(26)41(3)30(40-33)9-11-35(12-13-35)21-42-18-25(38)19-42/h4-8,22,25,29H,2,9-21H2,1,3H3/t22-,29?/m0/s1. The Morgan fingerprint density at radius 2 is 1.89 bits per heavy atom. The van der Waals surface area contributed by atoms with Gasteiger partial charge < -0.3 is 19.6 Å². The maximum absolute atomic E-state index is 14.6. The fourth-order valence-electron chi connectivity index (χ4n) is 7.94. The lowest BCUT2D eigenvalue weighted by atomic mass is 9.91. The molecule has 0 spiro atoms. The summed E-state index contributed by atoms with van der Waals surface area (Å²) in [4.78, 5) is 28.4. The van der Waals surface area contributed by atoms with Crippen LogP contribution in [-0.4, -0.2) is 109 Å². The summed E-state index contributed by atoms with van der Waals surface area (Å²) < 4.78 is 41.9. The maximum Gasteiger partial charge on any atom is 0.282 e. The van der Waals surface area contributed by atoms with Crippen LogP contribution in [-0.2, 0) is 4.79 Å². The highest BCUT2D eigenvalue weighted by atomic mass is 35.5. The number of alkyl halides is 1. The normalized spacial score (nSPS) is 25.0. The number of aliphatic imine (C=N–C) groups is 1. The molecular weight excluding hydrogens is 613 g/mol. The predicted molar refractivity (Wildman–Crippen MR) is 177 cm³/mol. The van der Waals surface area contributed by atoms with Crippen molar-refractivity contribution < 1.29 is 18.0 Å². The van der Waals surface area contributed by atoms with Gasteiger partial charge in [-0.15, -0.1) is 0 Å². The molecule has 4 fully saturated rings. The molecule has 1 unspecified atom stereocenters. The van der Waals surface area contributed by atoms with E-state index in [-0.39, 0.29) is 22.5 Å². The van der Waals surface area contributed by atoms with Crippen LogP contribution in [0, 0.1) is 11.2 Å². The van der Waals surface area contributed by atoms with Crippen molar-refractivity contribution in [1.29, 1.82) is 0 Å². The minimum absolute atomic E-state index is 0.0363. The zero-order valence-corrected chi connectivity index (χ0v) is 27.4. The Morgan fingerprint density at radius 3 is 2.59 bits per heavy atom. The summed E-state index contributed by atoms with van der Waals surface area (Å²) in [6.45, 7) is 10.1. The zero-order valence-electron chi connectivity index (χ0n) is 26.6. The fraction of sp³-hybridized carbons (Fsp3) is 0.543. The Bertz CT molecular complexity index is 1620. The summed E-state index contributed by atoms with van der Waals surface area (Å²) in [6, 6.07) is 9.14. The van der Waals surface area contributed by atoms with Crippen LogP contribution in [0.4, 0.5) is 18.9 Å². The molecule has 7 nitrogen and oxygen atoms in total. The molecule has 7 rings (SSSR count). The number of carbonyl (C=O) groups is 1. The first-order chi connectivity index (χ1) is 22.0. The molecule has 2 aromatic carbocycles. The summed E-state index contributed by atoms with van der Waals surface area (Å²) in [5.74, 6) is -0.0237. The summed E-state index contributed by atoms with van der Waals surface area (Å²) >= 11 is 6.55. The average molecular weight is 655 g/mol. The Hall–Kier alpha value is -3.24. The Balaban J connectivity index is 1.18. The van der Waals surface area contributed by atoms with Crippen LogP contribution in [0.3, 0.4) is 0 Å². The number of halogens is 4. The van der Waals surface area contributed by atoms with Gasteiger partial charge in [0.15, 0.2) is 5.83 Å². The van der Waals surface area contributed by atoms with Gasteiger partial charge in [0.2, 0.25) is 0 Å². The van der Waals surface area contributed by atoms with Crippen LogP contribution in [0.5, 0.6) is 0 Å². The van der Waals surface area contributed by atoms with Crippen LogP contribution in [0.1, 0.15) is 39.0 Å². The molecule has 46 heavy (non-hydrogen) atoms. The number of nitrogens with zero attached hydrogens (tertiary/aromatic N) is 6. The molecule has 246 valence electrons. The number of amidine groups is 1. The Labute approximate surface area is 273 Å². The number of hydrogen-bond donors (Lipinski definition) is 0. The minimum Gasteiger partial charge on any atom is -0.368 e. The van der Waals surface area contributed by atoms with Crippen molar-refractivity contribution in [3.63, 3.8) is 0 Å². The fourth-order valence-corrected chi connectivity index (χ4v) is 8.20. The van der Waals surface area contributed by atoms with E-state index in [0.29, 0.717) is 39.3 Å². The molecule has 11 heteroatoms. The van der Waals surface area contributed by atoms with Crippen molar-refractivity contribution in [3.8, 4) is 0 Å². The second kappa shape index (κ2) is 12.1. The maximum atomic E-state index is 14.6. The number of likely N-dealkylation sites (N-methyl/N-ethyl adjacent to an activating group) is 1. The third-order valence-electron chi connectivity index (χ3n) is 10.8. The monoisotopic (exact) mass is 654 g/mol. The van der Waals surface area contributed by atoms with Crippen molar-refractivity contribution in [2.75, 3.05) is 64.3 Å². The van der Waals surface area contributed by atoms with Gasteiger partial charge in [0.1, 0.15) is 23.6 Å². The number of carbonyl (C=O) groups excluding carboxylic acids is 1. The number of likely N-dealkylation sites (tertiary alicyclic amines) is 1. The summed E-state index contributed by atoms with van der Waals surface area (Å²) in [7, 11) is 2.12. The van der Waals surface area contributed by atoms with Gasteiger partial charge in [-0.25, -0.2) is 18.2 Å². The molecule has 0 bridgehead atoms. The molecule has 2 aromatic rings. The molecule has 0 N–H and O–H groups in total. The van der Waals surface area contributed by atoms with Crippen LogP contribution < -0.4 is 4.90 Å². The topological polar surface area (TPSA) is 45.6 Å². The van der Waals surface area contributed by atoms with Crippen molar-refractivity contribution in [3.05, 3.63) is 65.0 Å². The number of rotatable bonds is 8. The SMILES string of the molecule is C=C(F)C(=O)N1CCN(C2=C3CCN(c4cccc5ccc(F)c(Cl)c45)CC3N(C)C(CCC3(CN4CC(F)C4)CC3)=N2)[C@@H](C)C1. The van der Waals surface area contributed by atoms with Gasteiger partial charge in [-0.1, -0.05) is 36.4 Å². The second-order valence-corrected chi connectivity index (χ2v) is 14.3. The highest BCUT2D eigenvalue weighted by Gasteiger charge is 2.46. The molecule has 3 saturated heterocycles. The molecule has 4 aliphatic heterocycles. The van der Waals surface area contributed by atoms with E-state index in [1.54, 1.807) is 6.07 Å². The number of piperazine rings is 1. The van der Waals surface area contributed by atoms with Crippen LogP contribution in [0.2, 0.25) is 5.02 Å². The summed E-state index contributed by atoms with van der Waals surface area (Å²) in [5.41, 5.74) is 2.39. The molecular formula is C35H42ClF3N6O. The van der Waals surface area contributed by atoms with Crippen molar-refractivity contribution >= 4 is 39.8 Å². The predicted octanol–water partition coefficient (Wildman–Crippen LogP) is 6.00. The quantitative estimate of drug-likeness (QED) is 0.327. The number of benzene rings is 2. The van der Waals surface area contributed by atoms with E-state index in [1.807, 2.05) is 18.2 Å². The van der Waals surface area contributed by atoms with Crippen LogP contribution in [0.15, 0.2) is 59.1 Å². The minimum atomic E-state index is -0.933. The molecule has 5 aliphatic rings. The largest absolute Gasteiger partial charge is 0.368 e. The molecule has 2 atom stereocenters. The highest BCUT2D eigenvalue weighted by Crippen LogP contribution is 2.51. The van der Waals surface area contributed by atoms with Crippen molar-refractivity contribution in [2.24, 2.45) is 10.4 Å². The van der Waals surface area contributed by atoms with E-state index in [1.165, 1.54) is 16.5 Å². The smallest absolute Gasteiger partial charge is 0.282 e. The average Bonchev–Trinajstić information content (AvgIpc) is 3.80. The zero-order chi connectivity index (χ0) is 32.3. The summed E-state index contributed by atoms with van der Waals surface area (Å²) in [5, 5.41) is 1.77. The van der Waals surface area contributed by atoms with E-state index in [4.69, 9.17) is 16.6 Å². The third-order valence-corrected chi connectivity index (χ3v) is 11.2. The van der Waals surface area contributed by atoms with Crippen LogP contribution >= 0.6 is 11.6 Å². The molecule has 1 saturated carbocycles. The lowest BCUT2D eigenvalue weighted by molar-refractivity contribution is -0.131. The van der Waals surface area contributed by atoms with Gasteiger partial charge in [-0.05, 0) is 61.1 Å². The molecule has 1 amide bonds. The van der Waals surface area contributed by atoms with Gasteiger partial charge in [-0.3, -0.25) is 9.69 Å². The van der Waals surface area contributed by atoms with Crippen LogP contribution in [0.25, 0.3) is 10.8 Å². The first kappa shape index (κ1) is 31.4. The Kier molecular flexibility index (Phi) is 8.24. The van der Waals surface area contributed by atoms with E-state index in [9.17, 15) is 18.0 Å². The molecule has 1 aliphatic carbocycles. The number of piperidine rings is 1. The lowest BCUT2D eigenvalue weighted by Gasteiger charge is -2.48. The van der Waals surface area contributed by atoms with E-state index in [2.05, 4.69) is 40.1 Å². The molecule has 0 aromatic heterocycles. The van der Waals surface area contributed by atoms with Gasteiger partial charge in [-0.2, -0.15) is 0 Å². The van der Waals surface area contributed by atoms with Crippen molar-refractivity contribution in [1.82, 2.24) is 19.6 Å².